The maximum atomic E-state index is 12.5. The van der Waals surface area contributed by atoms with Crippen molar-refractivity contribution in [2.45, 2.75) is 32.6 Å². The summed E-state index contributed by atoms with van der Waals surface area (Å²) >= 11 is 0. The Kier molecular flexibility index (Phi) is 5.00. The molecule has 0 bridgehead atoms. The summed E-state index contributed by atoms with van der Waals surface area (Å²) in [7, 11) is 0. The Bertz CT molecular complexity index is 887. The highest BCUT2D eigenvalue weighted by molar-refractivity contribution is 6.03. The van der Waals surface area contributed by atoms with Crippen LogP contribution in [0.2, 0.25) is 0 Å². The molecule has 1 fully saturated rings. The van der Waals surface area contributed by atoms with Crippen LogP contribution >= 0.6 is 0 Å². The van der Waals surface area contributed by atoms with Gasteiger partial charge in [0, 0.05) is 24.3 Å². The minimum atomic E-state index is -0.393. The Morgan fingerprint density at radius 2 is 1.74 bits per heavy atom. The SMILES string of the molecule is CC(C)(C)c1ccc(N2CC(C(=O)Nc3ccc(C#N)cc3)CC2=O)cc1. The maximum absolute atomic E-state index is 12.5. The molecule has 0 saturated carbocycles. The van der Waals surface area contributed by atoms with Crippen molar-refractivity contribution in [2.24, 2.45) is 5.92 Å². The van der Waals surface area contributed by atoms with E-state index in [2.05, 4.69) is 26.1 Å². The lowest BCUT2D eigenvalue weighted by Crippen LogP contribution is -2.28. The third-order valence-electron chi connectivity index (χ3n) is 4.82. The quantitative estimate of drug-likeness (QED) is 0.902. The number of hydrogen-bond acceptors (Lipinski definition) is 3. The van der Waals surface area contributed by atoms with Crippen molar-refractivity contribution < 1.29 is 9.59 Å². The lowest BCUT2D eigenvalue weighted by atomic mass is 9.87. The molecule has 0 radical (unpaired) electrons. The van der Waals surface area contributed by atoms with Gasteiger partial charge in [0.2, 0.25) is 11.8 Å². The van der Waals surface area contributed by atoms with Gasteiger partial charge in [0.1, 0.15) is 0 Å². The summed E-state index contributed by atoms with van der Waals surface area (Å²) < 4.78 is 0. The van der Waals surface area contributed by atoms with Crippen LogP contribution in [0, 0.1) is 17.2 Å². The summed E-state index contributed by atoms with van der Waals surface area (Å²) in [4.78, 5) is 26.6. The number of carbonyl (C=O) groups excluding carboxylic acids is 2. The van der Waals surface area contributed by atoms with Gasteiger partial charge in [-0.1, -0.05) is 32.9 Å². The molecular weight excluding hydrogens is 338 g/mol. The van der Waals surface area contributed by atoms with Crippen LogP contribution in [0.3, 0.4) is 0 Å². The first kappa shape index (κ1) is 18.7. The van der Waals surface area contributed by atoms with E-state index in [-0.39, 0.29) is 23.7 Å². The highest BCUT2D eigenvalue weighted by Crippen LogP contribution is 2.29. The van der Waals surface area contributed by atoms with E-state index in [1.54, 1.807) is 29.2 Å². The first-order valence-corrected chi connectivity index (χ1v) is 9.00. The predicted molar refractivity (Wildman–Crippen MR) is 105 cm³/mol. The van der Waals surface area contributed by atoms with E-state index >= 15 is 0 Å². The number of nitriles is 1. The minimum absolute atomic E-state index is 0.0431. The van der Waals surface area contributed by atoms with Crippen LogP contribution in [-0.4, -0.2) is 18.4 Å². The third kappa shape index (κ3) is 4.17. The van der Waals surface area contributed by atoms with Gasteiger partial charge in [-0.2, -0.15) is 5.26 Å². The number of hydrogen-bond donors (Lipinski definition) is 1. The van der Waals surface area contributed by atoms with Crippen molar-refractivity contribution in [3.8, 4) is 6.07 Å². The van der Waals surface area contributed by atoms with E-state index in [1.807, 2.05) is 30.3 Å². The van der Waals surface area contributed by atoms with Crippen LogP contribution in [0.1, 0.15) is 38.3 Å². The van der Waals surface area contributed by atoms with Crippen LogP contribution < -0.4 is 10.2 Å². The molecule has 1 aliphatic rings. The smallest absolute Gasteiger partial charge is 0.229 e. The molecule has 2 aromatic rings. The van der Waals surface area contributed by atoms with Gasteiger partial charge in [-0.05, 0) is 47.4 Å². The van der Waals surface area contributed by atoms with E-state index in [0.717, 1.165) is 5.69 Å². The first-order chi connectivity index (χ1) is 12.8. The van der Waals surface area contributed by atoms with Crippen molar-refractivity contribution in [3.63, 3.8) is 0 Å². The van der Waals surface area contributed by atoms with Crippen molar-refractivity contribution in [3.05, 3.63) is 59.7 Å². The van der Waals surface area contributed by atoms with Gasteiger partial charge in [0.25, 0.3) is 0 Å². The molecule has 1 unspecified atom stereocenters. The summed E-state index contributed by atoms with van der Waals surface area (Å²) in [5.74, 6) is -0.615. The molecule has 5 heteroatoms. The monoisotopic (exact) mass is 361 g/mol. The maximum Gasteiger partial charge on any atom is 0.229 e. The van der Waals surface area contributed by atoms with Crippen molar-refractivity contribution in [2.75, 3.05) is 16.8 Å². The normalized spacial score (nSPS) is 16.9. The minimum Gasteiger partial charge on any atom is -0.326 e. The second-order valence-electron chi connectivity index (χ2n) is 7.88. The summed E-state index contributed by atoms with van der Waals surface area (Å²) in [5.41, 5.74) is 3.24. The Morgan fingerprint density at radius 3 is 2.30 bits per heavy atom. The van der Waals surface area contributed by atoms with Gasteiger partial charge in [-0.25, -0.2) is 0 Å². The van der Waals surface area contributed by atoms with Crippen LogP contribution in [0.4, 0.5) is 11.4 Å². The first-order valence-electron chi connectivity index (χ1n) is 9.00. The van der Waals surface area contributed by atoms with E-state index in [9.17, 15) is 9.59 Å². The zero-order chi connectivity index (χ0) is 19.6. The molecule has 2 aromatic carbocycles. The summed E-state index contributed by atoms with van der Waals surface area (Å²) in [5, 5.41) is 11.7. The lowest BCUT2D eigenvalue weighted by molar-refractivity contribution is -0.122. The molecule has 0 spiro atoms. The highest BCUT2D eigenvalue weighted by Gasteiger charge is 2.35. The number of benzene rings is 2. The van der Waals surface area contributed by atoms with Gasteiger partial charge in [0.05, 0.1) is 17.6 Å². The number of anilines is 2. The highest BCUT2D eigenvalue weighted by atomic mass is 16.2. The molecule has 1 atom stereocenters. The third-order valence-corrected chi connectivity index (χ3v) is 4.82. The second kappa shape index (κ2) is 7.24. The molecule has 0 aliphatic carbocycles. The lowest BCUT2D eigenvalue weighted by Gasteiger charge is -2.21. The molecule has 0 aromatic heterocycles. The van der Waals surface area contributed by atoms with Crippen molar-refractivity contribution >= 4 is 23.2 Å². The van der Waals surface area contributed by atoms with E-state index in [4.69, 9.17) is 5.26 Å². The summed E-state index contributed by atoms with van der Waals surface area (Å²) in [6.07, 6.45) is 0.198. The van der Waals surface area contributed by atoms with Gasteiger partial charge in [-0.15, -0.1) is 0 Å². The average molecular weight is 361 g/mol. The van der Waals surface area contributed by atoms with Gasteiger partial charge in [0.15, 0.2) is 0 Å². The molecule has 3 rings (SSSR count). The Labute approximate surface area is 159 Å². The van der Waals surface area contributed by atoms with E-state index in [0.29, 0.717) is 17.8 Å². The Morgan fingerprint density at radius 1 is 1.11 bits per heavy atom. The van der Waals surface area contributed by atoms with E-state index in [1.165, 1.54) is 5.56 Å². The second-order valence-corrected chi connectivity index (χ2v) is 7.88. The number of nitrogens with zero attached hydrogens (tertiary/aromatic N) is 2. The predicted octanol–water partition coefficient (Wildman–Crippen LogP) is 3.85. The fourth-order valence-corrected chi connectivity index (χ4v) is 3.15. The van der Waals surface area contributed by atoms with Crippen molar-refractivity contribution in [1.82, 2.24) is 0 Å². The number of rotatable bonds is 3. The van der Waals surface area contributed by atoms with Crippen LogP contribution in [0.15, 0.2) is 48.5 Å². The average Bonchev–Trinajstić information content (AvgIpc) is 3.03. The van der Waals surface area contributed by atoms with E-state index < -0.39 is 5.92 Å². The number of amides is 2. The van der Waals surface area contributed by atoms with Crippen LogP contribution in [0.25, 0.3) is 0 Å². The summed E-state index contributed by atoms with van der Waals surface area (Å²) in [6, 6.07) is 16.7. The van der Waals surface area contributed by atoms with Gasteiger partial charge >= 0.3 is 0 Å². The molecule has 1 aliphatic heterocycles. The molecule has 1 heterocycles. The topological polar surface area (TPSA) is 73.2 Å². The fourth-order valence-electron chi connectivity index (χ4n) is 3.15. The van der Waals surface area contributed by atoms with Crippen molar-refractivity contribution in [1.29, 1.82) is 5.26 Å². The number of nitrogens with one attached hydrogen (secondary N) is 1. The molecule has 5 nitrogen and oxygen atoms in total. The van der Waals surface area contributed by atoms with Gasteiger partial charge in [-0.3, -0.25) is 9.59 Å². The largest absolute Gasteiger partial charge is 0.326 e. The Balaban J connectivity index is 1.67. The molecule has 138 valence electrons. The zero-order valence-electron chi connectivity index (χ0n) is 15.8. The molecular formula is C22H23N3O2. The standard InChI is InChI=1S/C22H23N3O2/c1-22(2,3)17-6-10-19(11-7-17)25-14-16(12-20(25)26)21(27)24-18-8-4-15(13-23)5-9-18/h4-11,16H,12,14H2,1-3H3,(H,24,27). The fraction of sp³-hybridized carbons (Fsp3) is 0.318. The Hall–Kier alpha value is -3.13. The molecule has 2 amide bonds. The van der Waals surface area contributed by atoms with Gasteiger partial charge < -0.3 is 10.2 Å². The number of carbonyl (C=O) groups is 2. The van der Waals surface area contributed by atoms with Crippen LogP contribution in [-0.2, 0) is 15.0 Å². The summed E-state index contributed by atoms with van der Waals surface area (Å²) in [6.45, 7) is 6.81. The molecule has 1 saturated heterocycles. The molecule has 1 N–H and O–H groups in total. The zero-order valence-corrected chi connectivity index (χ0v) is 15.8. The molecule has 27 heavy (non-hydrogen) atoms. The van der Waals surface area contributed by atoms with Crippen LogP contribution in [0.5, 0.6) is 0 Å².